The SMILES string of the molecule is COc1ccc(Cl)c2sc(N3CCN(C(=O)Cc4ccc(C)cc4C)CC3)nc12. The number of ether oxygens (including phenoxy) is 1. The molecule has 152 valence electrons. The molecule has 4 rings (SSSR count). The Bertz CT molecular complexity index is 1060. The molecule has 0 saturated carbocycles. The van der Waals surface area contributed by atoms with Gasteiger partial charge in [0.25, 0.3) is 0 Å². The van der Waals surface area contributed by atoms with E-state index in [0.29, 0.717) is 24.5 Å². The third kappa shape index (κ3) is 4.05. The molecule has 1 aromatic heterocycles. The monoisotopic (exact) mass is 429 g/mol. The zero-order valence-electron chi connectivity index (χ0n) is 16.9. The van der Waals surface area contributed by atoms with Crippen LogP contribution in [-0.4, -0.2) is 49.1 Å². The number of aryl methyl sites for hydroxylation is 2. The van der Waals surface area contributed by atoms with Crippen LogP contribution in [0.1, 0.15) is 16.7 Å². The number of halogens is 1. The maximum absolute atomic E-state index is 12.8. The topological polar surface area (TPSA) is 45.7 Å². The first-order valence-corrected chi connectivity index (χ1v) is 10.9. The molecule has 3 aromatic rings. The van der Waals surface area contributed by atoms with E-state index in [1.807, 2.05) is 17.0 Å². The second kappa shape index (κ2) is 8.20. The molecule has 0 bridgehead atoms. The van der Waals surface area contributed by atoms with E-state index in [2.05, 4.69) is 36.9 Å². The number of hydrogen-bond acceptors (Lipinski definition) is 5. The van der Waals surface area contributed by atoms with Crippen molar-refractivity contribution in [1.82, 2.24) is 9.88 Å². The van der Waals surface area contributed by atoms with Crippen molar-refractivity contribution in [3.05, 3.63) is 52.0 Å². The first-order valence-electron chi connectivity index (χ1n) is 9.68. The lowest BCUT2D eigenvalue weighted by Gasteiger charge is -2.34. The largest absolute Gasteiger partial charge is 0.494 e. The van der Waals surface area contributed by atoms with Crippen molar-refractivity contribution < 1.29 is 9.53 Å². The third-order valence-electron chi connectivity index (χ3n) is 5.41. The van der Waals surface area contributed by atoms with Crippen LogP contribution in [0.15, 0.2) is 30.3 Å². The summed E-state index contributed by atoms with van der Waals surface area (Å²) in [6.07, 6.45) is 0.458. The molecule has 5 nitrogen and oxygen atoms in total. The number of thiazole rings is 1. The first kappa shape index (κ1) is 20.0. The summed E-state index contributed by atoms with van der Waals surface area (Å²) in [5.41, 5.74) is 4.31. The minimum Gasteiger partial charge on any atom is -0.494 e. The molecule has 0 spiro atoms. The van der Waals surface area contributed by atoms with Gasteiger partial charge < -0.3 is 14.5 Å². The summed E-state index contributed by atoms with van der Waals surface area (Å²) < 4.78 is 6.36. The molecule has 7 heteroatoms. The quantitative estimate of drug-likeness (QED) is 0.614. The maximum atomic E-state index is 12.8. The molecule has 1 amide bonds. The number of hydrogen-bond donors (Lipinski definition) is 0. The second-order valence-corrected chi connectivity index (χ2v) is 8.78. The number of methoxy groups -OCH3 is 1. The van der Waals surface area contributed by atoms with E-state index in [-0.39, 0.29) is 5.91 Å². The number of piperazine rings is 1. The molecular formula is C22H24ClN3O2S. The number of aromatic nitrogens is 1. The predicted octanol–water partition coefficient (Wildman–Crippen LogP) is 4.47. The number of rotatable bonds is 4. The van der Waals surface area contributed by atoms with E-state index >= 15 is 0 Å². The van der Waals surface area contributed by atoms with Crippen molar-refractivity contribution in [3.8, 4) is 5.75 Å². The highest BCUT2D eigenvalue weighted by Gasteiger charge is 2.24. The molecule has 2 aromatic carbocycles. The van der Waals surface area contributed by atoms with Gasteiger partial charge >= 0.3 is 0 Å². The lowest BCUT2D eigenvalue weighted by molar-refractivity contribution is -0.130. The highest BCUT2D eigenvalue weighted by Crippen LogP contribution is 2.38. The second-order valence-electron chi connectivity index (χ2n) is 7.40. The van der Waals surface area contributed by atoms with Crippen molar-refractivity contribution >= 4 is 44.2 Å². The van der Waals surface area contributed by atoms with Crippen LogP contribution >= 0.6 is 22.9 Å². The van der Waals surface area contributed by atoms with Crippen LogP contribution in [0.2, 0.25) is 5.02 Å². The third-order valence-corrected chi connectivity index (χ3v) is 6.99. The molecule has 0 radical (unpaired) electrons. The number of benzene rings is 2. The number of carbonyl (C=O) groups excluding carboxylic acids is 1. The van der Waals surface area contributed by atoms with Gasteiger partial charge in [-0.05, 0) is 37.1 Å². The van der Waals surface area contributed by atoms with Gasteiger partial charge in [0.05, 0.1) is 23.3 Å². The van der Waals surface area contributed by atoms with E-state index < -0.39 is 0 Å². The molecule has 1 fully saturated rings. The zero-order valence-corrected chi connectivity index (χ0v) is 18.4. The number of carbonyl (C=O) groups is 1. The van der Waals surface area contributed by atoms with Gasteiger partial charge in [0.1, 0.15) is 11.3 Å². The molecule has 1 aliphatic heterocycles. The fourth-order valence-corrected chi connectivity index (χ4v) is 5.02. The number of fused-ring (bicyclic) bond motifs is 1. The zero-order chi connectivity index (χ0) is 20.5. The van der Waals surface area contributed by atoms with Crippen LogP contribution in [0.25, 0.3) is 10.2 Å². The maximum Gasteiger partial charge on any atom is 0.227 e. The van der Waals surface area contributed by atoms with E-state index in [4.69, 9.17) is 21.3 Å². The Labute approximate surface area is 179 Å². The van der Waals surface area contributed by atoms with E-state index in [1.165, 1.54) is 11.1 Å². The Hall–Kier alpha value is -2.31. The van der Waals surface area contributed by atoms with Gasteiger partial charge in [-0.25, -0.2) is 4.98 Å². The highest BCUT2D eigenvalue weighted by atomic mass is 35.5. The van der Waals surface area contributed by atoms with Gasteiger partial charge in [0, 0.05) is 26.2 Å². The molecule has 2 heterocycles. The molecule has 0 unspecified atom stereocenters. The molecule has 0 N–H and O–H groups in total. The van der Waals surface area contributed by atoms with Crippen molar-refractivity contribution in [2.24, 2.45) is 0 Å². The number of anilines is 1. The number of nitrogens with zero attached hydrogens (tertiary/aromatic N) is 3. The summed E-state index contributed by atoms with van der Waals surface area (Å²) in [6.45, 7) is 7.06. The standard InChI is InChI=1S/C22H24ClN3O2S/c1-14-4-5-16(15(2)12-14)13-19(27)25-8-10-26(11-9-25)22-24-20-18(28-3)7-6-17(23)21(20)29-22/h4-7,12H,8-11,13H2,1-3H3. The summed E-state index contributed by atoms with van der Waals surface area (Å²) in [6, 6.07) is 9.95. The van der Waals surface area contributed by atoms with Crippen LogP contribution in [0, 0.1) is 13.8 Å². The van der Waals surface area contributed by atoms with Gasteiger partial charge in [-0.15, -0.1) is 0 Å². The Balaban J connectivity index is 1.43. The highest BCUT2D eigenvalue weighted by molar-refractivity contribution is 7.22. The average Bonchev–Trinajstić information content (AvgIpc) is 3.17. The summed E-state index contributed by atoms with van der Waals surface area (Å²) in [4.78, 5) is 21.7. The fourth-order valence-electron chi connectivity index (χ4n) is 3.71. The van der Waals surface area contributed by atoms with Crippen LogP contribution in [0.3, 0.4) is 0 Å². The van der Waals surface area contributed by atoms with Crippen molar-refractivity contribution in [2.75, 3.05) is 38.2 Å². The van der Waals surface area contributed by atoms with Crippen molar-refractivity contribution in [3.63, 3.8) is 0 Å². The summed E-state index contributed by atoms with van der Waals surface area (Å²) >= 11 is 7.92. The van der Waals surface area contributed by atoms with Crippen molar-refractivity contribution in [1.29, 1.82) is 0 Å². The first-order chi connectivity index (χ1) is 14.0. The van der Waals surface area contributed by atoms with E-state index in [9.17, 15) is 4.79 Å². The van der Waals surface area contributed by atoms with E-state index in [0.717, 1.165) is 39.8 Å². The number of amides is 1. The van der Waals surface area contributed by atoms with Crippen LogP contribution in [-0.2, 0) is 11.2 Å². The summed E-state index contributed by atoms with van der Waals surface area (Å²) in [5, 5.41) is 1.61. The van der Waals surface area contributed by atoms with Crippen molar-refractivity contribution in [2.45, 2.75) is 20.3 Å². The minimum absolute atomic E-state index is 0.186. The Morgan fingerprint density at radius 3 is 2.62 bits per heavy atom. The lowest BCUT2D eigenvalue weighted by atomic mass is 10.0. The molecule has 0 aliphatic carbocycles. The smallest absolute Gasteiger partial charge is 0.227 e. The van der Waals surface area contributed by atoms with Gasteiger partial charge in [-0.1, -0.05) is 46.7 Å². The van der Waals surface area contributed by atoms with Crippen LogP contribution in [0.4, 0.5) is 5.13 Å². The molecule has 1 aliphatic rings. The van der Waals surface area contributed by atoms with Gasteiger partial charge in [-0.3, -0.25) is 4.79 Å². The predicted molar refractivity (Wildman–Crippen MR) is 120 cm³/mol. The normalized spacial score (nSPS) is 14.5. The molecule has 1 saturated heterocycles. The summed E-state index contributed by atoms with van der Waals surface area (Å²) in [7, 11) is 1.64. The Morgan fingerprint density at radius 2 is 1.93 bits per heavy atom. The van der Waals surface area contributed by atoms with Gasteiger partial charge in [-0.2, -0.15) is 0 Å². The average molecular weight is 430 g/mol. The van der Waals surface area contributed by atoms with Crippen LogP contribution in [0.5, 0.6) is 5.75 Å². The molecular weight excluding hydrogens is 406 g/mol. The minimum atomic E-state index is 0.186. The lowest BCUT2D eigenvalue weighted by Crippen LogP contribution is -2.49. The van der Waals surface area contributed by atoms with Gasteiger partial charge in [0.2, 0.25) is 5.91 Å². The van der Waals surface area contributed by atoms with Crippen LogP contribution < -0.4 is 9.64 Å². The molecule has 0 atom stereocenters. The molecule has 29 heavy (non-hydrogen) atoms. The Kier molecular flexibility index (Phi) is 5.65. The van der Waals surface area contributed by atoms with E-state index in [1.54, 1.807) is 18.4 Å². The Morgan fingerprint density at radius 1 is 1.17 bits per heavy atom. The summed E-state index contributed by atoms with van der Waals surface area (Å²) in [5.74, 6) is 0.916. The fraction of sp³-hybridized carbons (Fsp3) is 0.364. The van der Waals surface area contributed by atoms with Gasteiger partial charge in [0.15, 0.2) is 5.13 Å².